The number of fused-ring (bicyclic) bond motifs is 1. The van der Waals surface area contributed by atoms with E-state index in [9.17, 15) is 4.79 Å². The van der Waals surface area contributed by atoms with Crippen LogP contribution >= 0.6 is 0 Å². The van der Waals surface area contributed by atoms with E-state index in [0.29, 0.717) is 6.42 Å². The summed E-state index contributed by atoms with van der Waals surface area (Å²) in [7, 11) is 0. The molecular formula is C25H27N3O. The number of nitrogens with zero attached hydrogens (tertiary/aromatic N) is 3. The summed E-state index contributed by atoms with van der Waals surface area (Å²) in [5.41, 5.74) is 5.24. The highest BCUT2D eigenvalue weighted by molar-refractivity contribution is 6.16. The Kier molecular flexibility index (Phi) is 5.03. The van der Waals surface area contributed by atoms with Crippen molar-refractivity contribution in [2.75, 3.05) is 24.7 Å². The number of hydrogen-bond donors (Lipinski definition) is 0. The van der Waals surface area contributed by atoms with Crippen LogP contribution in [-0.2, 0) is 4.79 Å². The lowest BCUT2D eigenvalue weighted by atomic mass is 9.81. The second-order valence-electron chi connectivity index (χ2n) is 8.29. The molecule has 4 heteroatoms. The minimum Gasteiger partial charge on any atom is -0.329 e. The fraction of sp³-hybridized carbons (Fsp3) is 0.360. The Morgan fingerprint density at radius 2 is 1.66 bits per heavy atom. The number of anilines is 1. The van der Waals surface area contributed by atoms with Crippen molar-refractivity contribution in [2.24, 2.45) is 4.99 Å². The molecule has 148 valence electrons. The molecule has 5 rings (SSSR count). The molecule has 29 heavy (non-hydrogen) atoms. The first-order chi connectivity index (χ1) is 14.3. The zero-order valence-corrected chi connectivity index (χ0v) is 16.8. The number of benzene rings is 2. The highest BCUT2D eigenvalue weighted by Crippen LogP contribution is 2.42. The minimum atomic E-state index is 0.209. The average molecular weight is 386 g/mol. The Morgan fingerprint density at radius 3 is 2.48 bits per heavy atom. The van der Waals surface area contributed by atoms with Crippen molar-refractivity contribution in [3.8, 4) is 0 Å². The monoisotopic (exact) mass is 385 g/mol. The molecule has 1 saturated heterocycles. The number of allylic oxidation sites excluding steroid dienone is 2. The maximum absolute atomic E-state index is 13.2. The van der Waals surface area contributed by atoms with Crippen molar-refractivity contribution in [2.45, 2.75) is 38.0 Å². The number of hydrogen-bond acceptors (Lipinski definition) is 4. The molecule has 2 aromatic rings. The van der Waals surface area contributed by atoms with Gasteiger partial charge in [-0.15, -0.1) is 0 Å². The van der Waals surface area contributed by atoms with Crippen molar-refractivity contribution in [1.29, 1.82) is 0 Å². The lowest BCUT2D eigenvalue weighted by Gasteiger charge is -2.38. The molecule has 0 radical (unpaired) electrons. The standard InChI is InChI=1S/C25H27N3O/c29-25-16-20(19-9-3-1-4-10-19)15-24-21(25)17-26-22-11-5-6-12-23(22)28(24)18-27-13-7-2-8-14-27/h1,3-6,9-12,17,20H,2,7-8,13-16,18H2/t20-/m0/s1. The highest BCUT2D eigenvalue weighted by atomic mass is 16.1. The summed E-state index contributed by atoms with van der Waals surface area (Å²) >= 11 is 0. The Bertz CT molecular complexity index is 957. The fourth-order valence-corrected chi connectivity index (χ4v) is 4.82. The third kappa shape index (κ3) is 3.65. The van der Waals surface area contributed by atoms with Gasteiger partial charge in [-0.3, -0.25) is 14.7 Å². The summed E-state index contributed by atoms with van der Waals surface area (Å²) in [6, 6.07) is 18.8. The zero-order valence-electron chi connectivity index (χ0n) is 16.8. The van der Waals surface area contributed by atoms with E-state index in [2.05, 4.69) is 46.2 Å². The molecule has 0 unspecified atom stereocenters. The van der Waals surface area contributed by atoms with E-state index < -0.39 is 0 Å². The highest BCUT2D eigenvalue weighted by Gasteiger charge is 2.33. The summed E-state index contributed by atoms with van der Waals surface area (Å²) in [5.74, 6) is 0.435. The maximum atomic E-state index is 13.2. The molecule has 2 heterocycles. The minimum absolute atomic E-state index is 0.209. The number of para-hydroxylation sites is 2. The van der Waals surface area contributed by atoms with Gasteiger partial charge in [0, 0.05) is 18.3 Å². The molecule has 1 fully saturated rings. The van der Waals surface area contributed by atoms with Crippen LogP contribution in [0.25, 0.3) is 0 Å². The van der Waals surface area contributed by atoms with Crippen molar-refractivity contribution in [3.05, 3.63) is 71.4 Å². The van der Waals surface area contributed by atoms with Gasteiger partial charge in [0.2, 0.25) is 0 Å². The number of rotatable bonds is 3. The van der Waals surface area contributed by atoms with Gasteiger partial charge in [-0.1, -0.05) is 48.9 Å². The van der Waals surface area contributed by atoms with Crippen LogP contribution in [0.3, 0.4) is 0 Å². The zero-order chi connectivity index (χ0) is 19.6. The van der Waals surface area contributed by atoms with Crippen molar-refractivity contribution in [1.82, 2.24) is 4.90 Å². The summed E-state index contributed by atoms with van der Waals surface area (Å²) in [4.78, 5) is 22.8. The van der Waals surface area contributed by atoms with Gasteiger partial charge in [-0.2, -0.15) is 0 Å². The largest absolute Gasteiger partial charge is 0.329 e. The van der Waals surface area contributed by atoms with Crippen molar-refractivity contribution < 1.29 is 4.79 Å². The van der Waals surface area contributed by atoms with Crippen LogP contribution in [0, 0.1) is 0 Å². The molecule has 0 amide bonds. The van der Waals surface area contributed by atoms with Crippen molar-refractivity contribution >= 4 is 23.4 Å². The van der Waals surface area contributed by atoms with Crippen LogP contribution in [0.15, 0.2) is 70.9 Å². The molecule has 0 aromatic heterocycles. The molecule has 1 atom stereocenters. The number of carbonyl (C=O) groups excluding carboxylic acids is 1. The molecule has 0 bridgehead atoms. The third-order valence-electron chi connectivity index (χ3n) is 6.38. The predicted molar refractivity (Wildman–Crippen MR) is 118 cm³/mol. The molecule has 1 aliphatic carbocycles. The first kappa shape index (κ1) is 18.3. The second kappa shape index (κ2) is 7.96. The van der Waals surface area contributed by atoms with Gasteiger partial charge in [0.25, 0.3) is 0 Å². The summed E-state index contributed by atoms with van der Waals surface area (Å²) in [6.07, 6.45) is 7.07. The van der Waals surface area contributed by atoms with Crippen LogP contribution < -0.4 is 4.90 Å². The lowest BCUT2D eigenvalue weighted by Crippen LogP contribution is -2.42. The molecule has 0 saturated carbocycles. The van der Waals surface area contributed by atoms with Crippen LogP contribution in [0.1, 0.15) is 43.6 Å². The molecule has 2 aromatic carbocycles. The van der Waals surface area contributed by atoms with E-state index in [-0.39, 0.29) is 11.7 Å². The topological polar surface area (TPSA) is 35.9 Å². The summed E-state index contributed by atoms with van der Waals surface area (Å²) in [5, 5.41) is 0. The molecule has 2 aliphatic heterocycles. The Labute approximate surface area is 172 Å². The van der Waals surface area contributed by atoms with Gasteiger partial charge in [-0.05, 0) is 56.0 Å². The number of ketones is 1. The quantitative estimate of drug-likeness (QED) is 0.741. The maximum Gasteiger partial charge on any atom is 0.166 e. The lowest BCUT2D eigenvalue weighted by molar-refractivity contribution is -0.115. The molecule has 3 aliphatic rings. The number of aliphatic imine (C=N–C) groups is 1. The predicted octanol–water partition coefficient (Wildman–Crippen LogP) is 5.05. The van der Waals surface area contributed by atoms with E-state index in [4.69, 9.17) is 4.99 Å². The van der Waals surface area contributed by atoms with Gasteiger partial charge >= 0.3 is 0 Å². The first-order valence-electron chi connectivity index (χ1n) is 10.7. The van der Waals surface area contributed by atoms with E-state index in [1.54, 1.807) is 0 Å². The SMILES string of the molecule is O=C1C[C@@H](c2ccccc2)CC2=C1C=Nc1ccccc1N2CN1CCCCC1. The summed E-state index contributed by atoms with van der Waals surface area (Å²) in [6.45, 7) is 3.07. The van der Waals surface area contributed by atoms with Gasteiger partial charge in [0.05, 0.1) is 23.6 Å². The van der Waals surface area contributed by atoms with Crippen LogP contribution in [0.5, 0.6) is 0 Å². The van der Waals surface area contributed by atoms with Crippen LogP contribution in [0.2, 0.25) is 0 Å². The number of piperidine rings is 1. The Balaban J connectivity index is 1.55. The second-order valence-corrected chi connectivity index (χ2v) is 8.29. The number of Topliss-reactive ketones (excluding diaryl/α,β-unsaturated/α-hetero) is 1. The number of carbonyl (C=O) groups is 1. The smallest absolute Gasteiger partial charge is 0.166 e. The molecule has 0 spiro atoms. The van der Waals surface area contributed by atoms with Crippen molar-refractivity contribution in [3.63, 3.8) is 0 Å². The van der Waals surface area contributed by atoms with Gasteiger partial charge < -0.3 is 4.90 Å². The van der Waals surface area contributed by atoms with Gasteiger partial charge in [-0.25, -0.2) is 0 Å². The van der Waals surface area contributed by atoms with Gasteiger partial charge in [0.1, 0.15) is 0 Å². The first-order valence-corrected chi connectivity index (χ1v) is 10.7. The average Bonchev–Trinajstić information content (AvgIpc) is 2.93. The molecule has 4 nitrogen and oxygen atoms in total. The Hall–Kier alpha value is -2.72. The van der Waals surface area contributed by atoms with Crippen LogP contribution in [-0.4, -0.2) is 36.7 Å². The van der Waals surface area contributed by atoms with E-state index in [1.807, 2.05) is 24.4 Å². The fourth-order valence-electron chi connectivity index (χ4n) is 4.82. The molecule has 0 N–H and O–H groups in total. The van der Waals surface area contributed by atoms with Gasteiger partial charge in [0.15, 0.2) is 5.78 Å². The normalized spacial score (nSPS) is 22.3. The third-order valence-corrected chi connectivity index (χ3v) is 6.38. The van der Waals surface area contributed by atoms with E-state index in [1.165, 1.54) is 24.8 Å². The Morgan fingerprint density at radius 1 is 0.897 bits per heavy atom. The number of likely N-dealkylation sites (tertiary alicyclic amines) is 1. The van der Waals surface area contributed by atoms with E-state index in [0.717, 1.165) is 48.8 Å². The van der Waals surface area contributed by atoms with Crippen LogP contribution in [0.4, 0.5) is 11.4 Å². The summed E-state index contributed by atoms with van der Waals surface area (Å²) < 4.78 is 0. The van der Waals surface area contributed by atoms with E-state index >= 15 is 0 Å². The molecular weight excluding hydrogens is 358 g/mol.